The molecule has 124 valence electrons. The van der Waals surface area contributed by atoms with Crippen LogP contribution in [0.1, 0.15) is 10.4 Å². The Kier molecular flexibility index (Phi) is 6.15. The molecule has 2 aromatic rings. The number of carbonyl (C=O) groups excluding carboxylic acids is 1. The number of aromatic nitrogens is 2. The van der Waals surface area contributed by atoms with Gasteiger partial charge in [-0.05, 0) is 38.4 Å². The van der Waals surface area contributed by atoms with Gasteiger partial charge in [0.1, 0.15) is 0 Å². The predicted octanol–water partition coefficient (Wildman–Crippen LogP) is 1.52. The Morgan fingerprint density at radius 1 is 1.30 bits per heavy atom. The summed E-state index contributed by atoms with van der Waals surface area (Å²) in [4.78, 5) is 16.4. The molecule has 1 aromatic heterocycles. The lowest BCUT2D eigenvalue weighted by Crippen LogP contribution is -2.38. The second kappa shape index (κ2) is 8.10. The molecule has 0 aliphatic rings. The third-order valence-corrected chi connectivity index (χ3v) is 3.75. The van der Waals surface area contributed by atoms with E-state index in [-0.39, 0.29) is 19.1 Å². The Bertz CT molecular complexity index is 644. The van der Waals surface area contributed by atoms with Gasteiger partial charge in [0.25, 0.3) is 5.91 Å². The number of aliphatic hydroxyl groups excluding tert-OH is 1. The summed E-state index contributed by atoms with van der Waals surface area (Å²) in [5.74, 6) is -0.195. The van der Waals surface area contributed by atoms with Gasteiger partial charge in [0.15, 0.2) is 0 Å². The molecular weight excluding hydrogens is 316 g/mol. The molecule has 1 amide bonds. The van der Waals surface area contributed by atoms with E-state index in [0.29, 0.717) is 23.7 Å². The molecule has 0 aliphatic heterocycles. The number of hydrogen-bond acceptors (Lipinski definition) is 4. The second-order valence-electron chi connectivity index (χ2n) is 5.43. The van der Waals surface area contributed by atoms with Crippen molar-refractivity contribution in [3.8, 4) is 5.69 Å². The van der Waals surface area contributed by atoms with E-state index in [0.717, 1.165) is 5.69 Å². The molecule has 0 atom stereocenters. The zero-order valence-electron chi connectivity index (χ0n) is 13.3. The first-order valence-corrected chi connectivity index (χ1v) is 7.75. The average molecular weight is 337 g/mol. The predicted molar refractivity (Wildman–Crippen MR) is 90.1 cm³/mol. The van der Waals surface area contributed by atoms with Crippen LogP contribution in [0.4, 0.5) is 0 Å². The highest BCUT2D eigenvalue weighted by Crippen LogP contribution is 2.21. The molecule has 7 heteroatoms. The van der Waals surface area contributed by atoms with Gasteiger partial charge in [-0.15, -0.1) is 0 Å². The monoisotopic (exact) mass is 336 g/mol. The van der Waals surface area contributed by atoms with Crippen LogP contribution in [-0.2, 0) is 0 Å². The fourth-order valence-electron chi connectivity index (χ4n) is 2.17. The summed E-state index contributed by atoms with van der Waals surface area (Å²) in [5, 5.41) is 13.8. The van der Waals surface area contributed by atoms with Crippen molar-refractivity contribution in [3.05, 3.63) is 47.2 Å². The van der Waals surface area contributed by atoms with Crippen LogP contribution in [0, 0.1) is 0 Å². The maximum atomic E-state index is 12.8. The Labute approximate surface area is 140 Å². The van der Waals surface area contributed by atoms with Crippen molar-refractivity contribution in [2.45, 2.75) is 0 Å². The molecule has 1 N–H and O–H groups in total. The number of carbonyl (C=O) groups is 1. The topological polar surface area (TPSA) is 61.6 Å². The van der Waals surface area contributed by atoms with Crippen LogP contribution in [0.3, 0.4) is 0 Å². The molecule has 6 nitrogen and oxygen atoms in total. The molecule has 0 bridgehead atoms. The van der Waals surface area contributed by atoms with Gasteiger partial charge in [0.2, 0.25) is 0 Å². The number of rotatable bonds is 7. The SMILES string of the molecule is CN(C)CCN(CCO)C(=O)c1cc(-n2cccn2)ccc1Cl. The molecule has 1 aromatic carbocycles. The number of benzene rings is 1. The molecule has 1 heterocycles. The van der Waals surface area contributed by atoms with Crippen LogP contribution in [0.15, 0.2) is 36.7 Å². The maximum Gasteiger partial charge on any atom is 0.255 e. The Balaban J connectivity index is 2.26. The Hall–Kier alpha value is -1.89. The quantitative estimate of drug-likeness (QED) is 0.833. The van der Waals surface area contributed by atoms with E-state index in [2.05, 4.69) is 5.10 Å². The van der Waals surface area contributed by atoms with Crippen molar-refractivity contribution in [3.63, 3.8) is 0 Å². The van der Waals surface area contributed by atoms with E-state index in [1.54, 1.807) is 34.1 Å². The summed E-state index contributed by atoms with van der Waals surface area (Å²) in [6, 6.07) is 7.03. The first-order valence-electron chi connectivity index (χ1n) is 7.37. The Morgan fingerprint density at radius 2 is 2.09 bits per heavy atom. The number of likely N-dealkylation sites (N-methyl/N-ethyl adjacent to an activating group) is 1. The summed E-state index contributed by atoms with van der Waals surface area (Å²) in [7, 11) is 3.87. The number of aliphatic hydroxyl groups is 1. The summed E-state index contributed by atoms with van der Waals surface area (Å²) < 4.78 is 1.67. The third kappa shape index (κ3) is 4.54. The van der Waals surface area contributed by atoms with Gasteiger partial charge >= 0.3 is 0 Å². The molecule has 0 radical (unpaired) electrons. The Morgan fingerprint density at radius 3 is 2.70 bits per heavy atom. The lowest BCUT2D eigenvalue weighted by Gasteiger charge is -2.24. The minimum atomic E-state index is -0.195. The number of nitrogens with zero attached hydrogens (tertiary/aromatic N) is 4. The summed E-state index contributed by atoms with van der Waals surface area (Å²) in [6.45, 7) is 1.42. The maximum absolute atomic E-state index is 12.8. The van der Waals surface area contributed by atoms with Crippen molar-refractivity contribution >= 4 is 17.5 Å². The number of amides is 1. The highest BCUT2D eigenvalue weighted by atomic mass is 35.5. The average Bonchev–Trinajstić information content (AvgIpc) is 3.05. The normalized spacial score (nSPS) is 11.0. The van der Waals surface area contributed by atoms with Gasteiger partial charge in [-0.1, -0.05) is 11.6 Å². The van der Waals surface area contributed by atoms with Crippen LogP contribution in [0.25, 0.3) is 5.69 Å². The van der Waals surface area contributed by atoms with Gasteiger partial charge in [0, 0.05) is 32.0 Å². The number of halogens is 1. The molecular formula is C16H21ClN4O2. The third-order valence-electron chi connectivity index (χ3n) is 3.42. The van der Waals surface area contributed by atoms with E-state index < -0.39 is 0 Å². The first-order chi connectivity index (χ1) is 11.0. The van der Waals surface area contributed by atoms with Crippen LogP contribution < -0.4 is 0 Å². The van der Waals surface area contributed by atoms with Gasteiger partial charge in [-0.3, -0.25) is 4.79 Å². The van der Waals surface area contributed by atoms with E-state index in [9.17, 15) is 9.90 Å². The largest absolute Gasteiger partial charge is 0.395 e. The van der Waals surface area contributed by atoms with E-state index >= 15 is 0 Å². The lowest BCUT2D eigenvalue weighted by molar-refractivity contribution is 0.0710. The van der Waals surface area contributed by atoms with Gasteiger partial charge in [-0.25, -0.2) is 4.68 Å². The molecule has 0 saturated carbocycles. The van der Waals surface area contributed by atoms with Crippen molar-refractivity contribution in [2.24, 2.45) is 0 Å². The fraction of sp³-hybridized carbons (Fsp3) is 0.375. The highest BCUT2D eigenvalue weighted by molar-refractivity contribution is 6.33. The fourth-order valence-corrected chi connectivity index (χ4v) is 2.37. The van der Waals surface area contributed by atoms with E-state index in [1.165, 1.54) is 0 Å². The lowest BCUT2D eigenvalue weighted by atomic mass is 10.1. The van der Waals surface area contributed by atoms with E-state index in [4.69, 9.17) is 11.6 Å². The summed E-state index contributed by atoms with van der Waals surface area (Å²) in [5.41, 5.74) is 1.17. The smallest absolute Gasteiger partial charge is 0.255 e. The summed E-state index contributed by atoms with van der Waals surface area (Å²) in [6.07, 6.45) is 3.47. The zero-order valence-corrected chi connectivity index (χ0v) is 14.1. The van der Waals surface area contributed by atoms with Crippen LogP contribution >= 0.6 is 11.6 Å². The van der Waals surface area contributed by atoms with Crippen molar-refractivity contribution < 1.29 is 9.90 Å². The second-order valence-corrected chi connectivity index (χ2v) is 5.84. The van der Waals surface area contributed by atoms with Crippen molar-refractivity contribution in [1.82, 2.24) is 19.6 Å². The molecule has 0 spiro atoms. The minimum Gasteiger partial charge on any atom is -0.395 e. The van der Waals surface area contributed by atoms with Gasteiger partial charge in [-0.2, -0.15) is 5.10 Å². The zero-order chi connectivity index (χ0) is 16.8. The van der Waals surface area contributed by atoms with Crippen molar-refractivity contribution in [2.75, 3.05) is 40.3 Å². The minimum absolute atomic E-state index is 0.0877. The van der Waals surface area contributed by atoms with Crippen LogP contribution in [-0.4, -0.2) is 70.9 Å². The summed E-state index contributed by atoms with van der Waals surface area (Å²) >= 11 is 6.21. The highest BCUT2D eigenvalue weighted by Gasteiger charge is 2.19. The first kappa shape index (κ1) is 17.5. The molecule has 0 fully saturated rings. The van der Waals surface area contributed by atoms with E-state index in [1.807, 2.05) is 31.1 Å². The molecule has 2 rings (SSSR count). The van der Waals surface area contributed by atoms with Crippen LogP contribution in [0.5, 0.6) is 0 Å². The molecule has 0 aliphatic carbocycles. The standard InChI is InChI=1S/C16H21ClN4O2/c1-19(2)8-9-20(10-11-22)16(23)14-12-13(4-5-15(14)17)21-7-3-6-18-21/h3-7,12,22H,8-11H2,1-2H3. The number of hydrogen-bond donors (Lipinski definition) is 1. The van der Waals surface area contributed by atoms with Gasteiger partial charge in [0.05, 0.1) is 22.9 Å². The van der Waals surface area contributed by atoms with Crippen molar-refractivity contribution in [1.29, 1.82) is 0 Å². The molecule has 0 unspecified atom stereocenters. The molecule has 23 heavy (non-hydrogen) atoms. The van der Waals surface area contributed by atoms with Gasteiger partial charge < -0.3 is 14.9 Å². The van der Waals surface area contributed by atoms with Crippen LogP contribution in [0.2, 0.25) is 5.02 Å². The molecule has 0 saturated heterocycles.